The second-order valence-corrected chi connectivity index (χ2v) is 5.76. The van der Waals surface area contributed by atoms with Crippen molar-refractivity contribution < 1.29 is 9.53 Å². The average Bonchev–Trinajstić information content (AvgIpc) is 3.29. The Morgan fingerprint density at radius 1 is 1.45 bits per heavy atom. The van der Waals surface area contributed by atoms with Crippen LogP contribution in [-0.2, 0) is 4.79 Å². The Morgan fingerprint density at radius 3 is 2.50 bits per heavy atom. The lowest BCUT2D eigenvalue weighted by atomic mass is 9.94. The van der Waals surface area contributed by atoms with Gasteiger partial charge in [-0.1, -0.05) is 19.1 Å². The Labute approximate surface area is 120 Å². The second kappa shape index (κ2) is 5.83. The fraction of sp³-hybridized carbons (Fsp3) is 0.562. The summed E-state index contributed by atoms with van der Waals surface area (Å²) < 4.78 is 5.15. The third-order valence-corrected chi connectivity index (χ3v) is 4.15. The van der Waals surface area contributed by atoms with Gasteiger partial charge in [0.25, 0.3) is 0 Å². The molecule has 1 saturated carbocycles. The molecule has 1 aromatic carbocycles. The summed E-state index contributed by atoms with van der Waals surface area (Å²) in [5.74, 6) is 1.09. The largest absolute Gasteiger partial charge is 0.497 e. The first-order valence-electron chi connectivity index (χ1n) is 7.22. The SMILES string of the molecule is CCC(NC(=O)C(C)(N)C1CC1)c1ccc(OC)cc1. The molecule has 1 aliphatic carbocycles. The van der Waals surface area contributed by atoms with Crippen molar-refractivity contribution in [3.63, 3.8) is 0 Å². The molecule has 20 heavy (non-hydrogen) atoms. The smallest absolute Gasteiger partial charge is 0.240 e. The number of nitrogens with one attached hydrogen (secondary N) is 1. The number of rotatable bonds is 6. The molecule has 2 unspecified atom stereocenters. The van der Waals surface area contributed by atoms with Gasteiger partial charge in [0.1, 0.15) is 5.75 Å². The third-order valence-electron chi connectivity index (χ3n) is 4.15. The van der Waals surface area contributed by atoms with Gasteiger partial charge in [0, 0.05) is 0 Å². The van der Waals surface area contributed by atoms with Gasteiger partial charge in [-0.2, -0.15) is 0 Å². The Bertz CT molecular complexity index is 464. The van der Waals surface area contributed by atoms with Crippen LogP contribution >= 0.6 is 0 Å². The number of methoxy groups -OCH3 is 1. The highest BCUT2D eigenvalue weighted by molar-refractivity contribution is 5.86. The van der Waals surface area contributed by atoms with Crippen molar-refractivity contribution in [1.29, 1.82) is 0 Å². The van der Waals surface area contributed by atoms with Gasteiger partial charge < -0.3 is 15.8 Å². The van der Waals surface area contributed by atoms with Crippen LogP contribution in [0.15, 0.2) is 24.3 Å². The fourth-order valence-electron chi connectivity index (χ4n) is 2.44. The first kappa shape index (κ1) is 14.9. The van der Waals surface area contributed by atoms with Crippen LogP contribution in [0.2, 0.25) is 0 Å². The highest BCUT2D eigenvalue weighted by Gasteiger charge is 2.44. The van der Waals surface area contributed by atoms with E-state index < -0.39 is 5.54 Å². The molecule has 1 aromatic rings. The summed E-state index contributed by atoms with van der Waals surface area (Å²) in [6.45, 7) is 3.89. The number of nitrogens with two attached hydrogens (primary N) is 1. The maximum Gasteiger partial charge on any atom is 0.240 e. The first-order chi connectivity index (χ1) is 9.48. The van der Waals surface area contributed by atoms with Crippen molar-refractivity contribution in [1.82, 2.24) is 5.32 Å². The minimum absolute atomic E-state index is 0.00460. The lowest BCUT2D eigenvalue weighted by Crippen LogP contribution is -2.54. The zero-order valence-electron chi connectivity index (χ0n) is 12.5. The number of carbonyl (C=O) groups is 1. The van der Waals surface area contributed by atoms with E-state index in [9.17, 15) is 4.79 Å². The first-order valence-corrected chi connectivity index (χ1v) is 7.22. The number of benzene rings is 1. The summed E-state index contributed by atoms with van der Waals surface area (Å²) in [5, 5.41) is 3.08. The molecule has 4 heteroatoms. The molecule has 3 N–H and O–H groups in total. The molecule has 2 rings (SSSR count). The van der Waals surface area contributed by atoms with Crippen molar-refractivity contribution in [2.45, 2.75) is 44.7 Å². The van der Waals surface area contributed by atoms with Crippen molar-refractivity contribution in [3.8, 4) is 5.75 Å². The molecule has 0 radical (unpaired) electrons. The van der Waals surface area contributed by atoms with Gasteiger partial charge in [0.2, 0.25) is 5.91 Å². The number of ether oxygens (including phenoxy) is 1. The summed E-state index contributed by atoms with van der Waals surface area (Å²) >= 11 is 0. The summed E-state index contributed by atoms with van der Waals surface area (Å²) in [6.07, 6.45) is 2.94. The van der Waals surface area contributed by atoms with Crippen LogP contribution in [0.1, 0.15) is 44.7 Å². The average molecular weight is 276 g/mol. The van der Waals surface area contributed by atoms with E-state index in [0.29, 0.717) is 5.92 Å². The normalized spacial score (nSPS) is 19.0. The zero-order chi connectivity index (χ0) is 14.8. The van der Waals surface area contributed by atoms with Crippen LogP contribution in [0.25, 0.3) is 0 Å². The van der Waals surface area contributed by atoms with E-state index >= 15 is 0 Å². The molecule has 0 heterocycles. The second-order valence-electron chi connectivity index (χ2n) is 5.76. The summed E-state index contributed by atoms with van der Waals surface area (Å²) in [6, 6.07) is 7.78. The molecule has 0 aromatic heterocycles. The van der Waals surface area contributed by atoms with Crippen molar-refractivity contribution >= 4 is 5.91 Å². The van der Waals surface area contributed by atoms with Crippen molar-refractivity contribution in [3.05, 3.63) is 29.8 Å². The van der Waals surface area contributed by atoms with Crippen LogP contribution in [0.5, 0.6) is 5.75 Å². The molecule has 1 fully saturated rings. The lowest BCUT2D eigenvalue weighted by Gasteiger charge is -2.27. The number of amides is 1. The van der Waals surface area contributed by atoms with Crippen LogP contribution in [0, 0.1) is 5.92 Å². The highest BCUT2D eigenvalue weighted by atomic mass is 16.5. The van der Waals surface area contributed by atoms with E-state index in [2.05, 4.69) is 12.2 Å². The van der Waals surface area contributed by atoms with E-state index in [0.717, 1.165) is 30.6 Å². The molecule has 4 nitrogen and oxygen atoms in total. The maximum atomic E-state index is 12.4. The Morgan fingerprint density at radius 2 is 2.05 bits per heavy atom. The third kappa shape index (κ3) is 3.12. The van der Waals surface area contributed by atoms with E-state index in [-0.39, 0.29) is 11.9 Å². The topological polar surface area (TPSA) is 64.4 Å². The predicted molar refractivity (Wildman–Crippen MR) is 79.5 cm³/mol. The van der Waals surface area contributed by atoms with Crippen molar-refractivity contribution in [2.24, 2.45) is 11.7 Å². The molecule has 0 spiro atoms. The van der Waals surface area contributed by atoms with E-state index in [1.807, 2.05) is 31.2 Å². The van der Waals surface area contributed by atoms with Gasteiger partial charge in [0.05, 0.1) is 18.7 Å². The predicted octanol–water partition coefficient (Wildman–Crippen LogP) is 2.39. The Kier molecular flexibility index (Phi) is 4.33. The van der Waals surface area contributed by atoms with E-state index in [1.165, 1.54) is 0 Å². The van der Waals surface area contributed by atoms with Gasteiger partial charge in [-0.15, -0.1) is 0 Å². The Balaban J connectivity index is 2.05. The maximum absolute atomic E-state index is 12.4. The van der Waals surface area contributed by atoms with Gasteiger partial charge in [-0.05, 0) is 49.8 Å². The van der Waals surface area contributed by atoms with Gasteiger partial charge >= 0.3 is 0 Å². The highest BCUT2D eigenvalue weighted by Crippen LogP contribution is 2.38. The quantitative estimate of drug-likeness (QED) is 0.838. The molecule has 0 saturated heterocycles. The van der Waals surface area contributed by atoms with Gasteiger partial charge in [-0.25, -0.2) is 0 Å². The molecular weight excluding hydrogens is 252 g/mol. The van der Waals surface area contributed by atoms with Gasteiger partial charge in [-0.3, -0.25) is 4.79 Å². The van der Waals surface area contributed by atoms with E-state index in [4.69, 9.17) is 10.5 Å². The minimum Gasteiger partial charge on any atom is -0.497 e. The number of carbonyl (C=O) groups excluding carboxylic acids is 1. The molecule has 0 bridgehead atoms. The lowest BCUT2D eigenvalue weighted by molar-refractivity contribution is -0.127. The monoisotopic (exact) mass is 276 g/mol. The molecule has 1 amide bonds. The van der Waals surface area contributed by atoms with Gasteiger partial charge in [0.15, 0.2) is 0 Å². The van der Waals surface area contributed by atoms with Crippen LogP contribution in [0.4, 0.5) is 0 Å². The zero-order valence-corrected chi connectivity index (χ0v) is 12.5. The number of hydrogen-bond donors (Lipinski definition) is 2. The van der Waals surface area contributed by atoms with Crippen LogP contribution < -0.4 is 15.8 Å². The van der Waals surface area contributed by atoms with E-state index in [1.54, 1.807) is 7.11 Å². The molecule has 2 atom stereocenters. The summed E-state index contributed by atoms with van der Waals surface area (Å²) in [7, 11) is 1.64. The molecular formula is C16H24N2O2. The van der Waals surface area contributed by atoms with Crippen LogP contribution in [-0.4, -0.2) is 18.6 Å². The molecule has 1 aliphatic rings. The molecule has 110 valence electrons. The Hall–Kier alpha value is -1.55. The number of hydrogen-bond acceptors (Lipinski definition) is 3. The summed E-state index contributed by atoms with van der Waals surface area (Å²) in [5.41, 5.74) is 6.49. The molecule has 0 aliphatic heterocycles. The standard InChI is InChI=1S/C16H24N2O2/c1-4-14(11-5-9-13(20-3)10-6-11)18-15(19)16(2,17)12-7-8-12/h5-6,9-10,12,14H,4,7-8,17H2,1-3H3,(H,18,19). The summed E-state index contributed by atoms with van der Waals surface area (Å²) in [4.78, 5) is 12.4. The fourth-order valence-corrected chi connectivity index (χ4v) is 2.44. The van der Waals surface area contributed by atoms with Crippen LogP contribution in [0.3, 0.4) is 0 Å². The van der Waals surface area contributed by atoms with Crippen molar-refractivity contribution in [2.75, 3.05) is 7.11 Å². The minimum atomic E-state index is -0.750.